The number of rotatable bonds is 6. The van der Waals surface area contributed by atoms with Crippen LogP contribution < -0.4 is 9.64 Å². The summed E-state index contributed by atoms with van der Waals surface area (Å²) in [6, 6.07) is 17.7. The van der Waals surface area contributed by atoms with Crippen LogP contribution in [-0.4, -0.2) is 59.2 Å². The van der Waals surface area contributed by atoms with Crippen LogP contribution in [-0.2, 0) is 14.4 Å². The molecular formula is C30H27ClN6O4. The van der Waals surface area contributed by atoms with Gasteiger partial charge in [-0.1, -0.05) is 52.7 Å². The number of halogens is 1. The number of benzene rings is 3. The number of hydrogen-bond donors (Lipinski definition) is 0. The molecule has 0 radical (unpaired) electrons. The van der Waals surface area contributed by atoms with Crippen molar-refractivity contribution in [3.05, 3.63) is 94.0 Å². The van der Waals surface area contributed by atoms with E-state index in [1.807, 2.05) is 50.2 Å². The zero-order valence-electron chi connectivity index (χ0n) is 22.7. The van der Waals surface area contributed by atoms with E-state index >= 15 is 0 Å². The quantitative estimate of drug-likeness (QED) is 0.401. The van der Waals surface area contributed by atoms with E-state index in [1.165, 1.54) is 10.0 Å². The van der Waals surface area contributed by atoms with Crippen LogP contribution in [0.5, 0.6) is 5.75 Å². The van der Waals surface area contributed by atoms with Gasteiger partial charge in [-0.3, -0.25) is 19.4 Å². The molecule has 41 heavy (non-hydrogen) atoms. The van der Waals surface area contributed by atoms with Crippen LogP contribution in [0.2, 0.25) is 5.02 Å². The number of nitrogens with zero attached hydrogens (tertiary/aromatic N) is 6. The average molecular weight is 571 g/mol. The van der Waals surface area contributed by atoms with E-state index in [1.54, 1.807) is 31.4 Å². The SMILES string of the molecule is COc1ccc([C@H]2CC(c3ccc(C)cc3C)=NN2C(=O)CN2N=N[C@@H]3C(=O)N(c4ccc(Cl)cc4)C(=O)[C@H]32)cc1. The molecule has 3 atom stereocenters. The number of anilines is 1. The lowest BCUT2D eigenvalue weighted by Crippen LogP contribution is -2.44. The van der Waals surface area contributed by atoms with Crippen molar-refractivity contribution in [2.75, 3.05) is 18.6 Å². The Labute approximate surface area is 241 Å². The molecule has 6 rings (SSSR count). The van der Waals surface area contributed by atoms with Gasteiger partial charge in [-0.15, -0.1) is 0 Å². The number of aryl methyl sites for hydroxylation is 2. The molecule has 0 N–H and O–H groups in total. The normalized spacial score (nSPS) is 21.5. The minimum Gasteiger partial charge on any atom is -0.497 e. The first-order valence-corrected chi connectivity index (χ1v) is 13.5. The van der Waals surface area contributed by atoms with E-state index < -0.39 is 23.9 Å². The largest absolute Gasteiger partial charge is 0.497 e. The summed E-state index contributed by atoms with van der Waals surface area (Å²) in [6.07, 6.45) is 0.511. The lowest BCUT2D eigenvalue weighted by atomic mass is 9.95. The summed E-state index contributed by atoms with van der Waals surface area (Å²) in [5.41, 5.74) is 5.26. The highest BCUT2D eigenvalue weighted by molar-refractivity contribution is 6.31. The summed E-state index contributed by atoms with van der Waals surface area (Å²) < 4.78 is 5.31. The van der Waals surface area contributed by atoms with Gasteiger partial charge in [-0.25, -0.2) is 9.91 Å². The zero-order chi connectivity index (χ0) is 28.8. The maximum Gasteiger partial charge on any atom is 0.264 e. The van der Waals surface area contributed by atoms with Crippen molar-refractivity contribution in [3.63, 3.8) is 0 Å². The highest BCUT2D eigenvalue weighted by atomic mass is 35.5. The summed E-state index contributed by atoms with van der Waals surface area (Å²) in [5, 5.41) is 16.1. The van der Waals surface area contributed by atoms with Crippen LogP contribution in [0.4, 0.5) is 5.69 Å². The summed E-state index contributed by atoms with van der Waals surface area (Å²) in [5.74, 6) is -0.644. The fourth-order valence-corrected chi connectivity index (χ4v) is 5.66. The van der Waals surface area contributed by atoms with Gasteiger partial charge in [0.05, 0.1) is 24.6 Å². The van der Waals surface area contributed by atoms with E-state index in [0.29, 0.717) is 22.9 Å². The number of imide groups is 1. The molecule has 0 aliphatic carbocycles. The number of carbonyl (C=O) groups is 3. The monoisotopic (exact) mass is 570 g/mol. The summed E-state index contributed by atoms with van der Waals surface area (Å²) >= 11 is 5.98. The third-order valence-corrected chi connectivity index (χ3v) is 7.85. The van der Waals surface area contributed by atoms with Crippen molar-refractivity contribution >= 4 is 40.7 Å². The summed E-state index contributed by atoms with van der Waals surface area (Å²) in [4.78, 5) is 41.4. The lowest BCUT2D eigenvalue weighted by molar-refractivity contribution is -0.135. The zero-order valence-corrected chi connectivity index (χ0v) is 23.4. The molecule has 0 bridgehead atoms. The Morgan fingerprint density at radius 1 is 1.00 bits per heavy atom. The van der Waals surface area contributed by atoms with Crippen LogP contribution in [0.15, 0.2) is 82.2 Å². The van der Waals surface area contributed by atoms with Gasteiger partial charge in [0, 0.05) is 17.0 Å². The second kappa shape index (κ2) is 10.4. The Morgan fingerprint density at radius 2 is 1.73 bits per heavy atom. The molecular weight excluding hydrogens is 544 g/mol. The third kappa shape index (κ3) is 4.74. The van der Waals surface area contributed by atoms with Gasteiger partial charge in [-0.2, -0.15) is 10.2 Å². The van der Waals surface area contributed by atoms with Crippen molar-refractivity contribution in [2.24, 2.45) is 15.4 Å². The number of fused-ring (bicyclic) bond motifs is 1. The number of methoxy groups -OCH3 is 1. The van der Waals surface area contributed by atoms with Gasteiger partial charge in [0.2, 0.25) is 0 Å². The number of amides is 3. The molecule has 0 aromatic heterocycles. The van der Waals surface area contributed by atoms with E-state index in [2.05, 4.69) is 16.4 Å². The van der Waals surface area contributed by atoms with Crippen molar-refractivity contribution in [1.29, 1.82) is 0 Å². The maximum atomic E-state index is 13.8. The summed E-state index contributed by atoms with van der Waals surface area (Å²) in [6.45, 7) is 3.79. The Balaban J connectivity index is 1.27. The third-order valence-electron chi connectivity index (χ3n) is 7.60. The van der Waals surface area contributed by atoms with Crippen LogP contribution in [0.1, 0.15) is 34.7 Å². The molecule has 10 nitrogen and oxygen atoms in total. The van der Waals surface area contributed by atoms with Crippen LogP contribution in [0.25, 0.3) is 0 Å². The molecule has 3 amide bonds. The number of hydrazone groups is 1. The van der Waals surface area contributed by atoms with Gasteiger partial charge in [0.1, 0.15) is 12.3 Å². The van der Waals surface area contributed by atoms with Crippen LogP contribution in [0.3, 0.4) is 0 Å². The highest BCUT2D eigenvalue weighted by Gasteiger charge is 2.55. The lowest BCUT2D eigenvalue weighted by Gasteiger charge is -2.25. The Bertz CT molecular complexity index is 1600. The standard InChI is InChI=1S/C30H27ClN6O4/c1-17-4-13-23(18(2)14-17)24-15-25(19-5-11-22(41-3)12-6-19)37(33-24)26(38)16-35-28-27(32-34-35)29(39)36(30(28)40)21-9-7-20(31)8-10-21/h4-14,25,27-28H,15-16H2,1-3H3/t25-,27+,28+/m1/s1. The molecule has 0 saturated carbocycles. The minimum atomic E-state index is -1.02. The molecule has 3 aromatic carbocycles. The van der Waals surface area contributed by atoms with E-state index in [4.69, 9.17) is 21.4 Å². The molecule has 1 saturated heterocycles. The number of ether oxygens (including phenoxy) is 1. The Kier molecular flexibility index (Phi) is 6.78. The van der Waals surface area contributed by atoms with Gasteiger partial charge in [-0.05, 0) is 61.4 Å². The van der Waals surface area contributed by atoms with Crippen molar-refractivity contribution < 1.29 is 19.1 Å². The number of carbonyl (C=O) groups excluding carboxylic acids is 3. The first kappa shape index (κ1) is 26.6. The fraction of sp³-hybridized carbons (Fsp3) is 0.267. The van der Waals surface area contributed by atoms with Gasteiger partial charge in [0.25, 0.3) is 17.7 Å². The molecule has 208 valence electrons. The second-order valence-corrected chi connectivity index (χ2v) is 10.7. The molecule has 11 heteroatoms. The van der Waals surface area contributed by atoms with Crippen LogP contribution in [0, 0.1) is 13.8 Å². The van der Waals surface area contributed by atoms with Crippen LogP contribution >= 0.6 is 11.6 Å². The Morgan fingerprint density at radius 3 is 2.41 bits per heavy atom. The average Bonchev–Trinajstić information content (AvgIpc) is 3.65. The Hall–Kier alpha value is -4.57. The first-order chi connectivity index (χ1) is 19.7. The molecule has 0 unspecified atom stereocenters. The predicted molar refractivity (Wildman–Crippen MR) is 153 cm³/mol. The van der Waals surface area contributed by atoms with Crippen molar-refractivity contribution in [3.8, 4) is 5.75 Å². The fourth-order valence-electron chi connectivity index (χ4n) is 5.54. The molecule has 3 aromatic rings. The van der Waals surface area contributed by atoms with Gasteiger partial charge >= 0.3 is 0 Å². The topological polar surface area (TPSA) is 107 Å². The van der Waals surface area contributed by atoms with E-state index in [9.17, 15) is 14.4 Å². The maximum absolute atomic E-state index is 13.8. The molecule has 3 aliphatic heterocycles. The molecule has 1 fully saturated rings. The highest BCUT2D eigenvalue weighted by Crippen LogP contribution is 2.36. The molecule has 3 heterocycles. The summed E-state index contributed by atoms with van der Waals surface area (Å²) in [7, 11) is 1.60. The number of hydrogen-bond acceptors (Lipinski definition) is 8. The van der Waals surface area contributed by atoms with Gasteiger partial charge < -0.3 is 4.74 Å². The predicted octanol–water partition coefficient (Wildman–Crippen LogP) is 4.64. The minimum absolute atomic E-state index is 0.269. The smallest absolute Gasteiger partial charge is 0.264 e. The first-order valence-electron chi connectivity index (χ1n) is 13.2. The van der Waals surface area contributed by atoms with E-state index in [-0.39, 0.29) is 18.5 Å². The second-order valence-electron chi connectivity index (χ2n) is 10.3. The van der Waals surface area contributed by atoms with E-state index in [0.717, 1.165) is 32.9 Å². The van der Waals surface area contributed by atoms with Gasteiger partial charge in [0.15, 0.2) is 12.1 Å². The molecule has 0 spiro atoms. The van der Waals surface area contributed by atoms with Crippen molar-refractivity contribution in [1.82, 2.24) is 10.0 Å². The van der Waals surface area contributed by atoms with Crippen molar-refractivity contribution in [2.45, 2.75) is 38.4 Å². The molecule has 3 aliphatic rings.